The number of hydrogen-bond acceptors (Lipinski definition) is 3. The molecule has 0 radical (unpaired) electrons. The highest BCUT2D eigenvalue weighted by molar-refractivity contribution is 8.01. The number of thiocarbonyl (C=S) groups is 2. The largest absolute Gasteiger partial charge is 0.137 e. The molecule has 1 heterocycles. The second-order valence-electron chi connectivity index (χ2n) is 4.72. The van der Waals surface area contributed by atoms with E-state index in [1.54, 1.807) is 0 Å². The van der Waals surface area contributed by atoms with Crippen molar-refractivity contribution in [3.8, 4) is 0 Å². The van der Waals surface area contributed by atoms with Gasteiger partial charge in [-0.05, 0) is 11.1 Å². The lowest BCUT2D eigenvalue weighted by atomic mass is 9.99. The summed E-state index contributed by atoms with van der Waals surface area (Å²) >= 11 is 12.9. The molecule has 0 N–H and O–H groups in total. The van der Waals surface area contributed by atoms with Crippen LogP contribution in [0.5, 0.6) is 0 Å². The first-order chi connectivity index (χ1) is 9.25. The molecule has 0 bridgehead atoms. The van der Waals surface area contributed by atoms with E-state index in [-0.39, 0.29) is 0 Å². The summed E-state index contributed by atoms with van der Waals surface area (Å²) < 4.78 is 0. The fraction of sp³-hybridized carbons (Fsp3) is 0.250. The van der Waals surface area contributed by atoms with E-state index >= 15 is 0 Å². The van der Waals surface area contributed by atoms with E-state index < -0.39 is 0 Å². The fourth-order valence-electron chi connectivity index (χ4n) is 2.43. The van der Waals surface area contributed by atoms with Crippen molar-refractivity contribution < 1.29 is 0 Å². The molecule has 96 valence electrons. The summed E-state index contributed by atoms with van der Waals surface area (Å²) in [7, 11) is 0. The second-order valence-corrected chi connectivity index (χ2v) is 6.99. The lowest BCUT2D eigenvalue weighted by molar-refractivity contribution is 1.31. The van der Waals surface area contributed by atoms with Crippen molar-refractivity contribution in [2.24, 2.45) is 0 Å². The summed E-state index contributed by atoms with van der Waals surface area (Å²) in [6.07, 6.45) is 19.1. The van der Waals surface area contributed by atoms with Crippen LogP contribution in [-0.2, 0) is 0 Å². The second kappa shape index (κ2) is 5.70. The van der Waals surface area contributed by atoms with Gasteiger partial charge in [-0.15, -0.1) is 11.8 Å². The molecule has 0 aromatic heterocycles. The van der Waals surface area contributed by atoms with Crippen LogP contribution in [0.4, 0.5) is 0 Å². The van der Waals surface area contributed by atoms with Crippen LogP contribution in [0.2, 0.25) is 0 Å². The van der Waals surface area contributed by atoms with Gasteiger partial charge in [-0.25, -0.2) is 0 Å². The molecule has 0 aromatic carbocycles. The average molecular weight is 302 g/mol. The zero-order valence-electron chi connectivity index (χ0n) is 10.4. The lowest BCUT2D eigenvalue weighted by Gasteiger charge is -2.20. The van der Waals surface area contributed by atoms with Crippen molar-refractivity contribution in [3.63, 3.8) is 0 Å². The van der Waals surface area contributed by atoms with E-state index in [4.69, 9.17) is 24.4 Å². The Morgan fingerprint density at radius 2 is 1.32 bits per heavy atom. The van der Waals surface area contributed by atoms with Gasteiger partial charge in [-0.3, -0.25) is 0 Å². The third kappa shape index (κ3) is 2.73. The molecule has 19 heavy (non-hydrogen) atoms. The molecule has 3 rings (SSSR count). The molecule has 3 aliphatic rings. The fourth-order valence-corrected chi connectivity index (χ4v) is 4.57. The first-order valence-corrected chi connectivity index (χ1v) is 8.15. The maximum absolute atomic E-state index is 5.46. The average Bonchev–Trinajstić information content (AvgIpc) is 2.89. The quantitative estimate of drug-likeness (QED) is 0.543. The molecular weight excluding hydrogens is 288 g/mol. The number of rotatable bonds is 2. The smallest absolute Gasteiger partial charge is 0.0498 e. The summed E-state index contributed by atoms with van der Waals surface area (Å²) in [5.41, 5.74) is 2.58. The van der Waals surface area contributed by atoms with Crippen LogP contribution >= 0.6 is 36.2 Å². The molecular formula is C16H14S3. The van der Waals surface area contributed by atoms with Crippen molar-refractivity contribution in [1.29, 1.82) is 0 Å². The molecule has 0 saturated heterocycles. The van der Waals surface area contributed by atoms with E-state index in [0.717, 1.165) is 22.6 Å². The van der Waals surface area contributed by atoms with Crippen molar-refractivity contribution in [2.45, 2.75) is 23.3 Å². The Bertz CT molecular complexity index is 523. The minimum absolute atomic E-state index is 0.386. The monoisotopic (exact) mass is 302 g/mol. The predicted octanol–water partition coefficient (Wildman–Crippen LogP) is 4.54. The molecule has 2 aliphatic carbocycles. The van der Waals surface area contributed by atoms with Crippen molar-refractivity contribution >= 4 is 45.9 Å². The minimum Gasteiger partial charge on any atom is -0.137 e. The van der Waals surface area contributed by atoms with Crippen LogP contribution < -0.4 is 0 Å². The Morgan fingerprint density at radius 3 is 1.74 bits per heavy atom. The van der Waals surface area contributed by atoms with E-state index in [1.807, 2.05) is 11.8 Å². The summed E-state index contributed by atoms with van der Waals surface area (Å²) in [5.74, 6) is 0. The number of allylic oxidation sites excluding steroid dienone is 6. The third-order valence-electron chi connectivity index (χ3n) is 3.44. The van der Waals surface area contributed by atoms with Gasteiger partial charge in [0.25, 0.3) is 0 Å². The van der Waals surface area contributed by atoms with Gasteiger partial charge < -0.3 is 0 Å². The van der Waals surface area contributed by atoms with Gasteiger partial charge in [0.2, 0.25) is 0 Å². The minimum atomic E-state index is 0.386. The van der Waals surface area contributed by atoms with Crippen LogP contribution in [-0.4, -0.2) is 20.2 Å². The van der Waals surface area contributed by atoms with Crippen LogP contribution in [0.1, 0.15) is 12.8 Å². The normalized spacial score (nSPS) is 29.7. The van der Waals surface area contributed by atoms with Gasteiger partial charge in [0.15, 0.2) is 0 Å². The maximum atomic E-state index is 5.46. The van der Waals surface area contributed by atoms with Crippen LogP contribution in [0.3, 0.4) is 0 Å². The highest BCUT2D eigenvalue weighted by Crippen LogP contribution is 2.38. The van der Waals surface area contributed by atoms with E-state index in [1.165, 1.54) is 11.1 Å². The van der Waals surface area contributed by atoms with Crippen molar-refractivity contribution in [1.82, 2.24) is 0 Å². The topological polar surface area (TPSA) is 0 Å². The van der Waals surface area contributed by atoms with Gasteiger partial charge >= 0.3 is 0 Å². The van der Waals surface area contributed by atoms with Crippen LogP contribution in [0.25, 0.3) is 0 Å². The molecule has 0 fully saturated rings. The Balaban J connectivity index is 1.76. The van der Waals surface area contributed by atoms with Gasteiger partial charge in [-0.2, -0.15) is 0 Å². The summed E-state index contributed by atoms with van der Waals surface area (Å²) in [6.45, 7) is 0. The first kappa shape index (κ1) is 13.2. The molecule has 2 unspecified atom stereocenters. The molecule has 3 heteroatoms. The van der Waals surface area contributed by atoms with Crippen LogP contribution in [0, 0.1) is 0 Å². The SMILES string of the molecule is S=C1CC=CC=C1C1C=CC(C2=CC=CCC2=S)S1. The molecule has 0 spiro atoms. The molecule has 0 nitrogen and oxygen atoms in total. The number of thioether (sulfide) groups is 1. The Morgan fingerprint density at radius 1 is 0.842 bits per heavy atom. The number of hydrogen-bond donors (Lipinski definition) is 0. The van der Waals surface area contributed by atoms with Crippen molar-refractivity contribution in [2.75, 3.05) is 0 Å². The molecule has 0 saturated carbocycles. The van der Waals surface area contributed by atoms with Gasteiger partial charge in [0.1, 0.15) is 0 Å². The lowest BCUT2D eigenvalue weighted by Crippen LogP contribution is -2.15. The van der Waals surface area contributed by atoms with Gasteiger partial charge in [-0.1, -0.05) is 73.0 Å². The Labute approximate surface area is 129 Å². The molecule has 1 aliphatic heterocycles. The summed E-state index contributed by atoms with van der Waals surface area (Å²) in [5, 5.41) is 0.772. The Kier molecular flexibility index (Phi) is 3.96. The molecule has 0 aromatic rings. The van der Waals surface area contributed by atoms with Crippen molar-refractivity contribution in [3.05, 3.63) is 59.8 Å². The first-order valence-electron chi connectivity index (χ1n) is 6.39. The highest BCUT2D eigenvalue weighted by atomic mass is 32.2. The van der Waals surface area contributed by atoms with E-state index in [9.17, 15) is 0 Å². The highest BCUT2D eigenvalue weighted by Gasteiger charge is 2.28. The summed E-state index contributed by atoms with van der Waals surface area (Å²) in [4.78, 5) is 2.15. The van der Waals surface area contributed by atoms with Gasteiger partial charge in [0, 0.05) is 33.1 Å². The van der Waals surface area contributed by atoms with Gasteiger partial charge in [0.05, 0.1) is 0 Å². The standard InChI is InChI=1S/C16H14S3/c17-13-7-3-1-5-11(13)15-9-10-16(19-15)12-6-2-4-8-14(12)18/h1-6,9-10,15-16H,7-8H2. The zero-order valence-corrected chi connectivity index (χ0v) is 12.9. The molecule has 2 atom stereocenters. The van der Waals surface area contributed by atoms with E-state index in [2.05, 4.69) is 48.6 Å². The third-order valence-corrected chi connectivity index (χ3v) is 5.65. The molecule has 0 amide bonds. The maximum Gasteiger partial charge on any atom is 0.0498 e. The van der Waals surface area contributed by atoms with Crippen LogP contribution in [0.15, 0.2) is 59.8 Å². The zero-order chi connectivity index (χ0) is 13.2. The summed E-state index contributed by atoms with van der Waals surface area (Å²) in [6, 6.07) is 0. The Hall–Kier alpha value is -0.770. The van der Waals surface area contributed by atoms with E-state index in [0.29, 0.717) is 10.5 Å². The predicted molar refractivity (Wildman–Crippen MR) is 93.2 cm³/mol.